The number of ether oxygens (including phenoxy) is 1. The minimum atomic E-state index is -0.302. The number of carbonyl (C=O) groups is 1. The molecule has 11 heteroatoms. The Morgan fingerprint density at radius 1 is 1.33 bits per heavy atom. The number of nitrogens with zero attached hydrogens (tertiary/aromatic N) is 7. The first-order valence-electron chi connectivity index (χ1n) is 7.41. The van der Waals surface area contributed by atoms with Gasteiger partial charge in [0.05, 0.1) is 12.4 Å². The van der Waals surface area contributed by atoms with Crippen LogP contribution >= 0.6 is 11.8 Å². The van der Waals surface area contributed by atoms with Crippen molar-refractivity contribution in [1.29, 1.82) is 0 Å². The quantitative estimate of drug-likeness (QED) is 0.535. The standard InChI is InChI=1S/C13H20N8O2S/c1-5-14-10-16-11(20(3)4)18-12(17-10)21-8-15-13(19-21)24-7-9(22)23-6-2/h8H,5-7H2,1-4H3,(H,14,16,17,18). The summed E-state index contributed by atoms with van der Waals surface area (Å²) in [5.74, 6) is 1.17. The number of rotatable bonds is 8. The second kappa shape index (κ2) is 8.43. The molecule has 0 atom stereocenters. The summed E-state index contributed by atoms with van der Waals surface area (Å²) >= 11 is 1.19. The monoisotopic (exact) mass is 352 g/mol. The molecule has 0 aliphatic carbocycles. The Hall–Kier alpha value is -2.43. The molecule has 2 aromatic rings. The highest BCUT2D eigenvalue weighted by atomic mass is 32.2. The SMILES string of the molecule is CCNc1nc(N(C)C)nc(-n2cnc(SCC(=O)OCC)n2)n1. The van der Waals surface area contributed by atoms with Gasteiger partial charge in [0, 0.05) is 20.6 Å². The second-order valence-corrected chi connectivity index (χ2v) is 5.69. The molecular formula is C13H20N8O2S. The number of hydrogen-bond acceptors (Lipinski definition) is 10. The van der Waals surface area contributed by atoms with Gasteiger partial charge >= 0.3 is 5.97 Å². The zero-order valence-corrected chi connectivity index (χ0v) is 14.9. The van der Waals surface area contributed by atoms with Gasteiger partial charge in [-0.15, -0.1) is 5.10 Å². The van der Waals surface area contributed by atoms with Crippen LogP contribution < -0.4 is 10.2 Å². The van der Waals surface area contributed by atoms with Crippen molar-refractivity contribution in [2.24, 2.45) is 0 Å². The summed E-state index contributed by atoms with van der Waals surface area (Å²) in [4.78, 5) is 30.3. The summed E-state index contributed by atoms with van der Waals surface area (Å²) in [6.45, 7) is 4.76. The van der Waals surface area contributed by atoms with Gasteiger partial charge in [0.25, 0.3) is 5.95 Å². The fraction of sp³-hybridized carbons (Fsp3) is 0.538. The van der Waals surface area contributed by atoms with Gasteiger partial charge in [0.15, 0.2) is 0 Å². The third kappa shape index (κ3) is 4.78. The Labute approximate surface area is 144 Å². The molecule has 1 N–H and O–H groups in total. The van der Waals surface area contributed by atoms with Gasteiger partial charge < -0.3 is 15.0 Å². The molecule has 0 radical (unpaired) electrons. The third-order valence-corrected chi connectivity index (χ3v) is 3.47. The minimum Gasteiger partial charge on any atom is -0.465 e. The third-order valence-electron chi connectivity index (χ3n) is 2.65. The molecular weight excluding hydrogens is 332 g/mol. The molecule has 0 fully saturated rings. The van der Waals surface area contributed by atoms with Gasteiger partial charge in [0.2, 0.25) is 17.1 Å². The molecule has 130 valence electrons. The molecule has 24 heavy (non-hydrogen) atoms. The van der Waals surface area contributed by atoms with Crippen LogP contribution in [0.25, 0.3) is 5.95 Å². The van der Waals surface area contributed by atoms with Crippen molar-refractivity contribution in [3.63, 3.8) is 0 Å². The number of nitrogens with one attached hydrogen (secondary N) is 1. The molecule has 0 aromatic carbocycles. The highest BCUT2D eigenvalue weighted by Gasteiger charge is 2.12. The average molecular weight is 352 g/mol. The Balaban J connectivity index is 2.17. The summed E-state index contributed by atoms with van der Waals surface area (Å²) in [6.07, 6.45) is 1.50. The molecule has 0 amide bonds. The van der Waals surface area contributed by atoms with E-state index >= 15 is 0 Å². The fourth-order valence-electron chi connectivity index (χ4n) is 1.63. The average Bonchev–Trinajstić information content (AvgIpc) is 3.02. The molecule has 0 unspecified atom stereocenters. The Morgan fingerprint density at radius 3 is 2.79 bits per heavy atom. The Morgan fingerprint density at radius 2 is 2.12 bits per heavy atom. The van der Waals surface area contributed by atoms with Crippen LogP contribution in [0.2, 0.25) is 0 Å². The largest absolute Gasteiger partial charge is 0.465 e. The first-order valence-corrected chi connectivity index (χ1v) is 8.39. The molecule has 2 heterocycles. The molecule has 10 nitrogen and oxygen atoms in total. The topological polar surface area (TPSA) is 111 Å². The molecule has 0 saturated heterocycles. The van der Waals surface area contributed by atoms with Crippen molar-refractivity contribution in [1.82, 2.24) is 29.7 Å². The summed E-state index contributed by atoms with van der Waals surface area (Å²) in [6, 6.07) is 0. The van der Waals surface area contributed by atoms with E-state index in [1.165, 1.54) is 22.8 Å². The fourth-order valence-corrected chi connectivity index (χ4v) is 2.23. The van der Waals surface area contributed by atoms with Crippen LogP contribution in [-0.4, -0.2) is 68.7 Å². The zero-order chi connectivity index (χ0) is 17.5. The zero-order valence-electron chi connectivity index (χ0n) is 14.1. The van der Waals surface area contributed by atoms with Crippen molar-refractivity contribution in [3.8, 4) is 5.95 Å². The number of carbonyl (C=O) groups excluding carboxylic acids is 1. The summed E-state index contributed by atoms with van der Waals surface area (Å²) in [7, 11) is 3.69. The summed E-state index contributed by atoms with van der Waals surface area (Å²) in [5.41, 5.74) is 0. The van der Waals surface area contributed by atoms with Crippen LogP contribution in [0.5, 0.6) is 0 Å². The lowest BCUT2D eigenvalue weighted by Gasteiger charge is -2.12. The van der Waals surface area contributed by atoms with E-state index in [2.05, 4.69) is 30.4 Å². The molecule has 0 bridgehead atoms. The molecule has 0 saturated carbocycles. The highest BCUT2D eigenvalue weighted by molar-refractivity contribution is 7.99. The van der Waals surface area contributed by atoms with E-state index in [1.54, 1.807) is 11.8 Å². The van der Waals surface area contributed by atoms with E-state index in [9.17, 15) is 4.79 Å². The van der Waals surface area contributed by atoms with Gasteiger partial charge in [0.1, 0.15) is 6.33 Å². The van der Waals surface area contributed by atoms with Crippen molar-refractivity contribution in [2.75, 3.05) is 43.2 Å². The molecule has 0 spiro atoms. The molecule has 0 aliphatic heterocycles. The number of hydrogen-bond donors (Lipinski definition) is 1. The molecule has 0 aliphatic rings. The summed E-state index contributed by atoms with van der Waals surface area (Å²) < 4.78 is 6.32. The first-order chi connectivity index (χ1) is 11.5. The number of esters is 1. The van der Waals surface area contributed by atoms with E-state index < -0.39 is 0 Å². The van der Waals surface area contributed by atoms with Gasteiger partial charge in [-0.2, -0.15) is 19.6 Å². The van der Waals surface area contributed by atoms with Crippen molar-refractivity contribution >= 4 is 29.6 Å². The van der Waals surface area contributed by atoms with E-state index in [0.29, 0.717) is 36.2 Å². The maximum Gasteiger partial charge on any atom is 0.316 e. The van der Waals surface area contributed by atoms with Gasteiger partial charge in [-0.25, -0.2) is 4.98 Å². The molecule has 2 rings (SSSR count). The van der Waals surface area contributed by atoms with E-state index in [-0.39, 0.29) is 11.7 Å². The van der Waals surface area contributed by atoms with Crippen LogP contribution in [0.3, 0.4) is 0 Å². The number of anilines is 2. The van der Waals surface area contributed by atoms with Crippen LogP contribution in [0.1, 0.15) is 13.8 Å². The molecule has 2 aromatic heterocycles. The lowest BCUT2D eigenvalue weighted by molar-refractivity contribution is -0.139. The lowest BCUT2D eigenvalue weighted by atomic mass is 10.7. The van der Waals surface area contributed by atoms with E-state index in [0.717, 1.165) is 0 Å². The van der Waals surface area contributed by atoms with E-state index in [4.69, 9.17) is 4.74 Å². The van der Waals surface area contributed by atoms with E-state index in [1.807, 2.05) is 21.0 Å². The normalized spacial score (nSPS) is 10.5. The first kappa shape index (κ1) is 17.9. The van der Waals surface area contributed by atoms with Crippen LogP contribution in [0.15, 0.2) is 11.5 Å². The van der Waals surface area contributed by atoms with Crippen LogP contribution in [0.4, 0.5) is 11.9 Å². The minimum absolute atomic E-state index is 0.153. The number of aromatic nitrogens is 6. The smallest absolute Gasteiger partial charge is 0.316 e. The van der Waals surface area contributed by atoms with Crippen LogP contribution in [0, 0.1) is 0 Å². The van der Waals surface area contributed by atoms with Crippen molar-refractivity contribution in [2.45, 2.75) is 19.0 Å². The predicted octanol–water partition coefficient (Wildman–Crippen LogP) is 0.605. The maximum atomic E-state index is 11.4. The second-order valence-electron chi connectivity index (χ2n) is 4.75. The number of thioether (sulfide) groups is 1. The van der Waals surface area contributed by atoms with Gasteiger partial charge in [-0.05, 0) is 13.8 Å². The summed E-state index contributed by atoms with van der Waals surface area (Å²) in [5, 5.41) is 7.78. The highest BCUT2D eigenvalue weighted by Crippen LogP contribution is 2.15. The maximum absolute atomic E-state index is 11.4. The Kier molecular flexibility index (Phi) is 6.29. The van der Waals surface area contributed by atoms with Gasteiger partial charge in [-0.1, -0.05) is 11.8 Å². The van der Waals surface area contributed by atoms with Crippen molar-refractivity contribution < 1.29 is 9.53 Å². The Bertz CT molecular complexity index is 690. The van der Waals surface area contributed by atoms with Crippen molar-refractivity contribution in [3.05, 3.63) is 6.33 Å². The van der Waals surface area contributed by atoms with Gasteiger partial charge in [-0.3, -0.25) is 4.79 Å². The lowest BCUT2D eigenvalue weighted by Crippen LogP contribution is -2.17. The predicted molar refractivity (Wildman–Crippen MR) is 90.6 cm³/mol. The van der Waals surface area contributed by atoms with Crippen LogP contribution in [-0.2, 0) is 9.53 Å².